The van der Waals surface area contributed by atoms with Gasteiger partial charge >= 0.3 is 0 Å². The zero-order chi connectivity index (χ0) is 18.5. The van der Waals surface area contributed by atoms with E-state index < -0.39 is 0 Å². The molecule has 0 aromatic heterocycles. The molecule has 3 rings (SSSR count). The molecule has 4 heteroatoms. The zero-order valence-electron chi connectivity index (χ0n) is 15.4. The lowest BCUT2D eigenvalue weighted by atomic mass is 10.1. The minimum Gasteiger partial charge on any atom is -0.493 e. The molecule has 26 heavy (non-hydrogen) atoms. The number of nitrogens with zero attached hydrogens (tertiary/aromatic N) is 1. The van der Waals surface area contributed by atoms with Crippen molar-refractivity contribution in [2.45, 2.75) is 13.5 Å². The number of methoxy groups -OCH3 is 1. The highest BCUT2D eigenvalue weighted by atomic mass is 16.5. The molecule has 0 atom stereocenters. The first kappa shape index (κ1) is 17.8. The van der Waals surface area contributed by atoms with E-state index in [9.17, 15) is 4.79 Å². The van der Waals surface area contributed by atoms with E-state index in [1.165, 1.54) is 10.8 Å². The molecule has 4 nitrogen and oxygen atoms in total. The van der Waals surface area contributed by atoms with Crippen LogP contribution in [-0.4, -0.2) is 31.6 Å². The fourth-order valence-corrected chi connectivity index (χ4v) is 2.84. The zero-order valence-corrected chi connectivity index (χ0v) is 15.4. The van der Waals surface area contributed by atoms with Crippen molar-refractivity contribution in [3.05, 3.63) is 71.8 Å². The van der Waals surface area contributed by atoms with E-state index in [1.54, 1.807) is 19.1 Å². The maximum atomic E-state index is 12.4. The number of benzene rings is 3. The molecule has 1 amide bonds. The van der Waals surface area contributed by atoms with Gasteiger partial charge in [0.15, 0.2) is 18.1 Å². The summed E-state index contributed by atoms with van der Waals surface area (Å²) in [5.74, 6) is 1.13. The van der Waals surface area contributed by atoms with Gasteiger partial charge in [-0.1, -0.05) is 42.5 Å². The summed E-state index contributed by atoms with van der Waals surface area (Å²) < 4.78 is 11.0. The Labute approximate surface area is 154 Å². The van der Waals surface area contributed by atoms with Gasteiger partial charge in [0, 0.05) is 13.6 Å². The molecule has 0 heterocycles. The Kier molecular flexibility index (Phi) is 5.42. The van der Waals surface area contributed by atoms with Gasteiger partial charge in [-0.25, -0.2) is 0 Å². The molecule has 3 aromatic carbocycles. The number of fused-ring (bicyclic) bond motifs is 1. The number of amides is 1. The number of rotatable bonds is 6. The minimum atomic E-state index is -0.0826. The summed E-state index contributed by atoms with van der Waals surface area (Å²) in [6.45, 7) is 2.50. The SMILES string of the molecule is COc1cc(C)ccc1OCC(=O)N(C)Cc1ccc2ccccc2c1. The van der Waals surface area contributed by atoms with Gasteiger partial charge < -0.3 is 14.4 Å². The lowest BCUT2D eigenvalue weighted by Crippen LogP contribution is -2.31. The van der Waals surface area contributed by atoms with Crippen molar-refractivity contribution in [1.29, 1.82) is 0 Å². The van der Waals surface area contributed by atoms with Gasteiger partial charge in [0.1, 0.15) is 0 Å². The van der Waals surface area contributed by atoms with Crippen LogP contribution in [0.1, 0.15) is 11.1 Å². The molecule has 0 radical (unpaired) electrons. The lowest BCUT2D eigenvalue weighted by molar-refractivity contribution is -0.132. The summed E-state index contributed by atoms with van der Waals surface area (Å²) >= 11 is 0. The van der Waals surface area contributed by atoms with Crippen LogP contribution < -0.4 is 9.47 Å². The number of carbonyl (C=O) groups excluding carboxylic acids is 1. The van der Waals surface area contributed by atoms with E-state index in [0.29, 0.717) is 18.0 Å². The van der Waals surface area contributed by atoms with Crippen molar-refractivity contribution in [1.82, 2.24) is 4.90 Å². The number of carbonyl (C=O) groups is 1. The van der Waals surface area contributed by atoms with Crippen LogP contribution in [0.15, 0.2) is 60.7 Å². The summed E-state index contributed by atoms with van der Waals surface area (Å²) in [5, 5.41) is 2.37. The summed E-state index contributed by atoms with van der Waals surface area (Å²) in [6, 6.07) is 20.1. The molecular formula is C22H23NO3. The molecule has 0 fully saturated rings. The first-order valence-electron chi connectivity index (χ1n) is 8.56. The highest BCUT2D eigenvalue weighted by Gasteiger charge is 2.12. The molecule has 0 unspecified atom stereocenters. The first-order valence-corrected chi connectivity index (χ1v) is 8.56. The third-order valence-corrected chi connectivity index (χ3v) is 4.33. The second-order valence-electron chi connectivity index (χ2n) is 6.37. The Morgan fingerprint density at radius 3 is 2.50 bits per heavy atom. The molecule has 0 N–H and O–H groups in total. The Bertz CT molecular complexity index is 920. The normalized spacial score (nSPS) is 10.6. The Hall–Kier alpha value is -3.01. The first-order chi connectivity index (χ1) is 12.6. The van der Waals surface area contributed by atoms with E-state index in [-0.39, 0.29) is 12.5 Å². The van der Waals surface area contributed by atoms with Crippen molar-refractivity contribution in [2.24, 2.45) is 0 Å². The Balaban J connectivity index is 1.62. The summed E-state index contributed by atoms with van der Waals surface area (Å²) in [4.78, 5) is 14.1. The molecular weight excluding hydrogens is 326 g/mol. The fraction of sp³-hybridized carbons (Fsp3) is 0.227. The van der Waals surface area contributed by atoms with Crippen molar-refractivity contribution in [3.8, 4) is 11.5 Å². The minimum absolute atomic E-state index is 0.0243. The van der Waals surface area contributed by atoms with Crippen molar-refractivity contribution in [3.63, 3.8) is 0 Å². The topological polar surface area (TPSA) is 38.8 Å². The number of hydrogen-bond donors (Lipinski definition) is 0. The van der Waals surface area contributed by atoms with E-state index in [0.717, 1.165) is 11.1 Å². The molecule has 0 aliphatic carbocycles. The summed E-state index contributed by atoms with van der Waals surface area (Å²) in [6.07, 6.45) is 0. The Morgan fingerprint density at radius 2 is 1.73 bits per heavy atom. The number of ether oxygens (including phenoxy) is 2. The molecule has 134 valence electrons. The summed E-state index contributed by atoms with van der Waals surface area (Å²) in [5.41, 5.74) is 2.17. The van der Waals surface area contributed by atoms with Crippen molar-refractivity contribution in [2.75, 3.05) is 20.8 Å². The van der Waals surface area contributed by atoms with Crippen LogP contribution in [0.2, 0.25) is 0 Å². The molecule has 3 aromatic rings. The maximum Gasteiger partial charge on any atom is 0.260 e. The van der Waals surface area contributed by atoms with Gasteiger partial charge in [-0.05, 0) is 47.0 Å². The van der Waals surface area contributed by atoms with E-state index in [1.807, 2.05) is 37.3 Å². The van der Waals surface area contributed by atoms with Gasteiger partial charge in [0.05, 0.1) is 7.11 Å². The van der Waals surface area contributed by atoms with Crippen LogP contribution in [0.5, 0.6) is 11.5 Å². The van der Waals surface area contributed by atoms with Gasteiger partial charge in [0.2, 0.25) is 0 Å². The Morgan fingerprint density at radius 1 is 0.962 bits per heavy atom. The van der Waals surface area contributed by atoms with Gasteiger partial charge in [-0.15, -0.1) is 0 Å². The molecule has 0 aliphatic rings. The largest absolute Gasteiger partial charge is 0.493 e. The van der Waals surface area contributed by atoms with Crippen LogP contribution in [0, 0.1) is 6.92 Å². The predicted octanol–water partition coefficient (Wildman–Crippen LogP) is 4.19. The smallest absolute Gasteiger partial charge is 0.260 e. The highest BCUT2D eigenvalue weighted by Crippen LogP contribution is 2.27. The van der Waals surface area contributed by atoms with Crippen molar-refractivity contribution < 1.29 is 14.3 Å². The van der Waals surface area contributed by atoms with E-state index in [4.69, 9.17) is 9.47 Å². The number of hydrogen-bond acceptors (Lipinski definition) is 3. The van der Waals surface area contributed by atoms with Gasteiger partial charge in [0.25, 0.3) is 5.91 Å². The molecule has 0 bridgehead atoms. The van der Waals surface area contributed by atoms with Crippen LogP contribution >= 0.6 is 0 Å². The molecule has 0 saturated carbocycles. The van der Waals surface area contributed by atoms with Crippen LogP contribution in [-0.2, 0) is 11.3 Å². The molecule has 0 saturated heterocycles. The van der Waals surface area contributed by atoms with Crippen LogP contribution in [0.3, 0.4) is 0 Å². The predicted molar refractivity (Wildman–Crippen MR) is 104 cm³/mol. The third-order valence-electron chi connectivity index (χ3n) is 4.33. The fourth-order valence-electron chi connectivity index (χ4n) is 2.84. The average molecular weight is 349 g/mol. The second kappa shape index (κ2) is 7.91. The van der Waals surface area contributed by atoms with Crippen LogP contribution in [0.25, 0.3) is 10.8 Å². The highest BCUT2D eigenvalue weighted by molar-refractivity contribution is 5.83. The van der Waals surface area contributed by atoms with Crippen molar-refractivity contribution >= 4 is 16.7 Å². The lowest BCUT2D eigenvalue weighted by Gasteiger charge is -2.18. The molecule has 0 spiro atoms. The summed E-state index contributed by atoms with van der Waals surface area (Å²) in [7, 11) is 3.38. The third kappa shape index (κ3) is 4.14. The number of likely N-dealkylation sites (N-methyl/N-ethyl adjacent to an activating group) is 1. The van der Waals surface area contributed by atoms with Crippen LogP contribution in [0.4, 0.5) is 0 Å². The van der Waals surface area contributed by atoms with Gasteiger partial charge in [-0.2, -0.15) is 0 Å². The number of aryl methyl sites for hydroxylation is 1. The monoisotopic (exact) mass is 349 g/mol. The van der Waals surface area contributed by atoms with E-state index >= 15 is 0 Å². The molecule has 0 aliphatic heterocycles. The standard InChI is InChI=1S/C22H23NO3/c1-16-8-11-20(21(12-16)25-3)26-15-22(24)23(2)14-17-9-10-18-6-4-5-7-19(18)13-17/h4-13H,14-15H2,1-3H3. The van der Waals surface area contributed by atoms with E-state index in [2.05, 4.69) is 30.3 Å². The maximum absolute atomic E-state index is 12.4. The van der Waals surface area contributed by atoms with Gasteiger partial charge in [-0.3, -0.25) is 4.79 Å². The second-order valence-corrected chi connectivity index (χ2v) is 6.37. The average Bonchev–Trinajstić information content (AvgIpc) is 2.66. The quantitative estimate of drug-likeness (QED) is 0.670.